The quantitative estimate of drug-likeness (QED) is 0.426. The van der Waals surface area contributed by atoms with Crippen LogP contribution in [0.5, 0.6) is 0 Å². The largest absolute Gasteiger partial charge is 0.297 e. The zero-order valence-corrected chi connectivity index (χ0v) is 17.4. The van der Waals surface area contributed by atoms with Crippen molar-refractivity contribution in [2.75, 3.05) is 0 Å². The molecule has 28 heavy (non-hydrogen) atoms. The molecule has 0 spiro atoms. The molecule has 0 heterocycles. The second-order valence-electron chi connectivity index (χ2n) is 6.33. The average molecular weight is 425 g/mol. The van der Waals surface area contributed by atoms with Crippen molar-refractivity contribution in [3.05, 3.63) is 73.3 Å². The van der Waals surface area contributed by atoms with Crippen molar-refractivity contribution in [3.63, 3.8) is 0 Å². The van der Waals surface area contributed by atoms with E-state index in [2.05, 4.69) is 6.58 Å². The van der Waals surface area contributed by atoms with E-state index in [1.165, 1.54) is 24.3 Å². The Bertz CT molecular complexity index is 892. The van der Waals surface area contributed by atoms with Crippen molar-refractivity contribution >= 4 is 20.2 Å². The van der Waals surface area contributed by atoms with E-state index >= 15 is 0 Å². The molecule has 0 N–H and O–H groups in total. The summed E-state index contributed by atoms with van der Waals surface area (Å²) in [6.45, 7) is 6.81. The molecular weight excluding hydrogens is 400 g/mol. The summed E-state index contributed by atoms with van der Waals surface area (Å²) in [6, 6.07) is 15.5. The van der Waals surface area contributed by atoms with E-state index < -0.39 is 38.4 Å². The van der Waals surface area contributed by atoms with Crippen molar-refractivity contribution in [1.29, 1.82) is 0 Å². The lowest BCUT2D eigenvalue weighted by Crippen LogP contribution is -2.34. The third kappa shape index (κ3) is 5.75. The maximum absolute atomic E-state index is 12.5. The Morgan fingerprint density at radius 3 is 1.46 bits per heavy atom. The number of hydrogen-bond donors (Lipinski definition) is 0. The summed E-state index contributed by atoms with van der Waals surface area (Å²) in [4.78, 5) is 0.0642. The topological polar surface area (TPSA) is 86.7 Å². The van der Waals surface area contributed by atoms with Crippen molar-refractivity contribution in [3.8, 4) is 0 Å². The Balaban J connectivity index is 2.18. The molecule has 6 nitrogen and oxygen atoms in total. The van der Waals surface area contributed by atoms with Gasteiger partial charge in [0.25, 0.3) is 20.2 Å². The highest BCUT2D eigenvalue weighted by Crippen LogP contribution is 2.26. The minimum Gasteiger partial charge on any atom is -0.263 e. The molecular formula is C20H24O6S2. The highest BCUT2D eigenvalue weighted by molar-refractivity contribution is 7.87. The smallest absolute Gasteiger partial charge is 0.263 e. The van der Waals surface area contributed by atoms with Crippen LogP contribution in [0.3, 0.4) is 0 Å². The third-order valence-corrected chi connectivity index (χ3v) is 7.08. The van der Waals surface area contributed by atoms with E-state index in [4.69, 9.17) is 8.37 Å². The number of rotatable bonds is 10. The lowest BCUT2D eigenvalue weighted by Gasteiger charge is -2.28. The first kappa shape index (κ1) is 22.3. The van der Waals surface area contributed by atoms with Gasteiger partial charge in [0.1, 0.15) is 0 Å². The maximum Gasteiger partial charge on any atom is 0.297 e. The van der Waals surface area contributed by atoms with Crippen LogP contribution >= 0.6 is 0 Å². The molecule has 2 unspecified atom stereocenters. The van der Waals surface area contributed by atoms with Crippen LogP contribution in [0.1, 0.15) is 20.3 Å². The second-order valence-corrected chi connectivity index (χ2v) is 9.47. The Hall–Kier alpha value is -2.00. The van der Waals surface area contributed by atoms with Gasteiger partial charge in [0.2, 0.25) is 0 Å². The molecule has 0 aliphatic heterocycles. The van der Waals surface area contributed by atoms with E-state index in [0.717, 1.165) is 0 Å². The standard InChI is InChI=1S/C20H24O6S2/c1-4-11-20(16(2)25-27(21,22)18-12-7-5-8-13-18)17(3)26-28(23,24)19-14-9-6-10-15-19/h4-10,12-17,20H,1,11H2,2-3H3. The number of hydrogen-bond acceptors (Lipinski definition) is 6. The first-order valence-corrected chi connectivity index (χ1v) is 11.6. The Labute approximate surface area is 167 Å². The van der Waals surface area contributed by atoms with Crippen molar-refractivity contribution < 1.29 is 25.2 Å². The van der Waals surface area contributed by atoms with Crippen LogP contribution in [0.25, 0.3) is 0 Å². The molecule has 2 rings (SSSR count). The van der Waals surface area contributed by atoms with Crippen molar-refractivity contribution in [1.82, 2.24) is 0 Å². The predicted molar refractivity (Wildman–Crippen MR) is 107 cm³/mol. The van der Waals surface area contributed by atoms with Gasteiger partial charge in [0, 0.05) is 5.92 Å². The zero-order chi connectivity index (χ0) is 20.8. The van der Waals surface area contributed by atoms with Crippen LogP contribution in [-0.4, -0.2) is 29.0 Å². The second kappa shape index (κ2) is 9.47. The van der Waals surface area contributed by atoms with E-state index in [1.54, 1.807) is 56.3 Å². The van der Waals surface area contributed by atoms with Crippen LogP contribution in [0.2, 0.25) is 0 Å². The fraction of sp³-hybridized carbons (Fsp3) is 0.300. The van der Waals surface area contributed by atoms with Gasteiger partial charge in [-0.3, -0.25) is 8.37 Å². The van der Waals surface area contributed by atoms with Gasteiger partial charge in [0.15, 0.2) is 0 Å². The summed E-state index contributed by atoms with van der Waals surface area (Å²) in [5.41, 5.74) is 0. The summed E-state index contributed by atoms with van der Waals surface area (Å²) < 4.78 is 60.6. The molecule has 2 aromatic carbocycles. The SMILES string of the molecule is C=CCC(C(C)OS(=O)(=O)c1ccccc1)C(C)OS(=O)(=O)c1ccccc1. The van der Waals surface area contributed by atoms with Gasteiger partial charge in [0.05, 0.1) is 22.0 Å². The van der Waals surface area contributed by atoms with Crippen LogP contribution < -0.4 is 0 Å². The number of allylic oxidation sites excluding steroid dienone is 1. The molecule has 152 valence electrons. The van der Waals surface area contributed by atoms with Crippen molar-refractivity contribution in [2.45, 2.75) is 42.3 Å². The Kier molecular flexibility index (Phi) is 7.54. The van der Waals surface area contributed by atoms with Crippen LogP contribution in [0, 0.1) is 5.92 Å². The fourth-order valence-corrected chi connectivity index (χ4v) is 5.07. The molecule has 0 aliphatic carbocycles. The fourth-order valence-electron chi connectivity index (χ4n) is 2.79. The minimum absolute atomic E-state index is 0.0321. The zero-order valence-electron chi connectivity index (χ0n) is 15.8. The first-order valence-electron chi connectivity index (χ1n) is 8.75. The lowest BCUT2D eigenvalue weighted by atomic mass is 9.94. The summed E-state index contributed by atoms with van der Waals surface area (Å²) in [7, 11) is -7.98. The molecule has 8 heteroatoms. The van der Waals surface area contributed by atoms with Gasteiger partial charge >= 0.3 is 0 Å². The number of benzene rings is 2. The van der Waals surface area contributed by atoms with Crippen LogP contribution in [-0.2, 0) is 28.6 Å². The molecule has 0 fully saturated rings. The first-order chi connectivity index (χ1) is 13.2. The Morgan fingerprint density at radius 2 is 1.14 bits per heavy atom. The molecule has 0 radical (unpaired) electrons. The van der Waals surface area contributed by atoms with E-state index in [0.29, 0.717) is 6.42 Å². The highest BCUT2D eigenvalue weighted by atomic mass is 32.2. The molecule has 2 aromatic rings. The van der Waals surface area contributed by atoms with Gasteiger partial charge in [-0.1, -0.05) is 42.5 Å². The maximum atomic E-state index is 12.5. The Morgan fingerprint density at radius 1 is 0.786 bits per heavy atom. The summed E-state index contributed by atoms with van der Waals surface area (Å²) >= 11 is 0. The molecule has 0 bridgehead atoms. The van der Waals surface area contributed by atoms with Crippen molar-refractivity contribution in [2.24, 2.45) is 5.92 Å². The van der Waals surface area contributed by atoms with Gasteiger partial charge in [-0.2, -0.15) is 16.8 Å². The third-order valence-electron chi connectivity index (χ3n) is 4.27. The monoisotopic (exact) mass is 424 g/mol. The van der Waals surface area contributed by atoms with E-state index in [-0.39, 0.29) is 9.79 Å². The summed E-state index contributed by atoms with van der Waals surface area (Å²) in [5.74, 6) is -0.547. The average Bonchev–Trinajstić information content (AvgIpc) is 2.66. The predicted octanol–water partition coefficient (Wildman–Crippen LogP) is 3.77. The summed E-state index contributed by atoms with van der Waals surface area (Å²) in [5, 5.41) is 0. The van der Waals surface area contributed by atoms with Crippen LogP contribution in [0.4, 0.5) is 0 Å². The minimum atomic E-state index is -3.99. The lowest BCUT2D eigenvalue weighted by molar-refractivity contribution is 0.0688. The van der Waals surface area contributed by atoms with Gasteiger partial charge < -0.3 is 0 Å². The van der Waals surface area contributed by atoms with E-state index in [9.17, 15) is 16.8 Å². The molecule has 0 aromatic heterocycles. The molecule has 2 atom stereocenters. The highest BCUT2D eigenvalue weighted by Gasteiger charge is 2.32. The van der Waals surface area contributed by atoms with Gasteiger partial charge in [-0.05, 0) is 44.5 Å². The molecule has 0 amide bonds. The van der Waals surface area contributed by atoms with Crippen LogP contribution in [0.15, 0.2) is 83.1 Å². The summed E-state index contributed by atoms with van der Waals surface area (Å²) in [6.07, 6.45) is 0.236. The van der Waals surface area contributed by atoms with Gasteiger partial charge in [-0.25, -0.2) is 0 Å². The van der Waals surface area contributed by atoms with Gasteiger partial charge in [-0.15, -0.1) is 6.58 Å². The molecule has 0 saturated carbocycles. The normalized spacial score (nSPS) is 15.5. The van der Waals surface area contributed by atoms with E-state index in [1.807, 2.05) is 0 Å². The molecule has 0 saturated heterocycles. The molecule has 0 aliphatic rings.